The first-order valence-electron chi connectivity index (χ1n) is 16.0. The Hall–Kier alpha value is -4.51. The van der Waals surface area contributed by atoms with Crippen LogP contribution in [-0.2, 0) is 10.0 Å². The minimum Gasteiger partial charge on any atom is -0.391 e. The van der Waals surface area contributed by atoms with Crippen molar-refractivity contribution >= 4 is 32.7 Å². The molecule has 2 aliphatic rings. The lowest BCUT2D eigenvalue weighted by Gasteiger charge is -2.35. The largest absolute Gasteiger partial charge is 0.391 e. The van der Waals surface area contributed by atoms with Crippen LogP contribution in [-0.4, -0.2) is 90.6 Å². The van der Waals surface area contributed by atoms with Gasteiger partial charge in [-0.05, 0) is 86.5 Å². The number of benzene rings is 3. The number of piperazine rings is 1. The van der Waals surface area contributed by atoms with Crippen molar-refractivity contribution in [2.75, 3.05) is 51.2 Å². The van der Waals surface area contributed by atoms with Gasteiger partial charge in [0.05, 0.1) is 11.0 Å². The minimum absolute atomic E-state index is 0.128. The average Bonchev–Trinajstić information content (AvgIpc) is 3.69. The van der Waals surface area contributed by atoms with Crippen molar-refractivity contribution in [3.8, 4) is 22.3 Å². The zero-order chi connectivity index (χ0) is 32.9. The number of hydrogen-bond acceptors (Lipinski definition) is 7. The van der Waals surface area contributed by atoms with Gasteiger partial charge in [0.2, 0.25) is 0 Å². The molecule has 5 aromatic rings. The third-order valence-electron chi connectivity index (χ3n) is 9.46. The SMILES string of the molecule is Cc1ccc(S(=O)(=O)n2cc(-c3ccc(C(=O)N4CCC(O)C4)cc3)c3cc(-c4ccc(N5CCN(C)CC5)c(C)c4)cnc32)cc1. The standard InChI is InChI=1S/C37H39N5O4S/c1-25-4-11-32(12-5-25)47(45,46)42-24-34(27-6-8-28(9-7-27)37(44)41-15-14-31(43)23-41)33-21-30(22-38-36(33)42)29-10-13-35(26(2)20-29)40-18-16-39(3)17-19-40/h4-13,20-22,24,31,43H,14-19,23H2,1-3H3. The second-order valence-corrected chi connectivity index (χ2v) is 14.6. The van der Waals surface area contributed by atoms with Gasteiger partial charge in [-0.15, -0.1) is 0 Å². The molecule has 1 unspecified atom stereocenters. The number of fused-ring (bicyclic) bond motifs is 1. The lowest BCUT2D eigenvalue weighted by Crippen LogP contribution is -2.44. The highest BCUT2D eigenvalue weighted by Gasteiger charge is 2.27. The molecule has 0 spiro atoms. The van der Waals surface area contributed by atoms with Gasteiger partial charge in [-0.3, -0.25) is 4.79 Å². The van der Waals surface area contributed by atoms with E-state index < -0.39 is 16.1 Å². The summed E-state index contributed by atoms with van der Waals surface area (Å²) in [5, 5.41) is 10.6. The first-order valence-corrected chi connectivity index (χ1v) is 17.5. The highest BCUT2D eigenvalue weighted by Crippen LogP contribution is 2.36. The Morgan fingerprint density at radius 3 is 2.21 bits per heavy atom. The van der Waals surface area contributed by atoms with Crippen molar-refractivity contribution in [1.29, 1.82) is 0 Å². The molecule has 47 heavy (non-hydrogen) atoms. The monoisotopic (exact) mass is 649 g/mol. The maximum absolute atomic E-state index is 14.0. The Morgan fingerprint density at radius 1 is 0.851 bits per heavy atom. The molecule has 242 valence electrons. The minimum atomic E-state index is -3.95. The van der Waals surface area contributed by atoms with Crippen molar-refractivity contribution in [1.82, 2.24) is 18.8 Å². The molecule has 9 nitrogen and oxygen atoms in total. The predicted molar refractivity (Wildman–Crippen MR) is 185 cm³/mol. The number of aryl methyl sites for hydroxylation is 2. The van der Waals surface area contributed by atoms with Crippen LogP contribution in [0.4, 0.5) is 5.69 Å². The first-order chi connectivity index (χ1) is 22.6. The highest BCUT2D eigenvalue weighted by molar-refractivity contribution is 7.90. The average molecular weight is 650 g/mol. The number of carbonyl (C=O) groups is 1. The van der Waals surface area contributed by atoms with Crippen LogP contribution in [0, 0.1) is 13.8 Å². The molecule has 1 amide bonds. The molecule has 2 fully saturated rings. The number of carbonyl (C=O) groups excluding carboxylic acids is 1. The van der Waals surface area contributed by atoms with Gasteiger partial charge in [-0.25, -0.2) is 17.4 Å². The molecule has 1 atom stereocenters. The van der Waals surface area contributed by atoms with Crippen LogP contribution in [0.1, 0.15) is 27.9 Å². The molecule has 7 rings (SSSR count). The summed E-state index contributed by atoms with van der Waals surface area (Å²) >= 11 is 0. The fraction of sp³-hybridized carbons (Fsp3) is 0.297. The summed E-state index contributed by atoms with van der Waals surface area (Å²) in [6.45, 7) is 8.94. The number of nitrogens with zero attached hydrogens (tertiary/aromatic N) is 5. The second kappa shape index (κ2) is 12.3. The Morgan fingerprint density at radius 2 is 1.55 bits per heavy atom. The number of hydrogen-bond donors (Lipinski definition) is 1. The zero-order valence-electron chi connectivity index (χ0n) is 26.9. The van der Waals surface area contributed by atoms with Crippen LogP contribution in [0.3, 0.4) is 0 Å². The maximum Gasteiger partial charge on any atom is 0.269 e. The number of pyridine rings is 1. The number of amides is 1. The normalized spacial score (nSPS) is 17.5. The van der Waals surface area contributed by atoms with Gasteiger partial charge in [0, 0.05) is 79.4 Å². The Bertz CT molecular complexity index is 2060. The number of aliphatic hydroxyl groups excluding tert-OH is 1. The summed E-state index contributed by atoms with van der Waals surface area (Å²) in [5.41, 5.74) is 7.59. The molecule has 2 aliphatic heterocycles. The van der Waals surface area contributed by atoms with Crippen LogP contribution < -0.4 is 4.90 Å². The molecule has 1 N–H and O–H groups in total. The molecular formula is C37H39N5O4S. The van der Waals surface area contributed by atoms with Gasteiger partial charge in [0.1, 0.15) is 0 Å². The molecule has 2 aromatic heterocycles. The summed E-state index contributed by atoms with van der Waals surface area (Å²) in [5.74, 6) is -0.128. The van der Waals surface area contributed by atoms with Crippen LogP contribution in [0.2, 0.25) is 0 Å². The van der Waals surface area contributed by atoms with E-state index in [9.17, 15) is 18.3 Å². The molecule has 0 saturated carbocycles. The second-order valence-electron chi connectivity index (χ2n) is 12.8. The molecule has 2 saturated heterocycles. The van der Waals surface area contributed by atoms with Crippen LogP contribution in [0.15, 0.2) is 90.1 Å². The molecule has 0 aliphatic carbocycles. The van der Waals surface area contributed by atoms with Crippen LogP contribution in [0.25, 0.3) is 33.3 Å². The molecule has 3 aromatic carbocycles. The van der Waals surface area contributed by atoms with E-state index in [0.717, 1.165) is 48.4 Å². The van der Waals surface area contributed by atoms with Crippen molar-refractivity contribution in [2.45, 2.75) is 31.3 Å². The number of aromatic nitrogens is 2. The van der Waals surface area contributed by atoms with E-state index in [1.807, 2.05) is 25.1 Å². The van der Waals surface area contributed by atoms with Crippen molar-refractivity contribution in [3.63, 3.8) is 0 Å². The first kappa shape index (κ1) is 31.1. The Labute approximate surface area is 275 Å². The summed E-state index contributed by atoms with van der Waals surface area (Å²) in [6, 6.07) is 22.5. The van der Waals surface area contributed by atoms with E-state index in [0.29, 0.717) is 41.7 Å². The fourth-order valence-corrected chi connectivity index (χ4v) is 7.94. The van der Waals surface area contributed by atoms with E-state index in [-0.39, 0.29) is 10.8 Å². The number of likely N-dealkylation sites (tertiary alicyclic amines) is 1. The van der Waals surface area contributed by atoms with E-state index in [4.69, 9.17) is 4.98 Å². The molecular weight excluding hydrogens is 611 g/mol. The summed E-state index contributed by atoms with van der Waals surface area (Å²) < 4.78 is 29.2. The highest BCUT2D eigenvalue weighted by atomic mass is 32.2. The lowest BCUT2D eigenvalue weighted by molar-refractivity contribution is 0.0765. The molecule has 0 radical (unpaired) electrons. The Balaban J connectivity index is 1.30. The quantitative estimate of drug-likeness (QED) is 0.271. The topological polar surface area (TPSA) is 99.0 Å². The fourth-order valence-electron chi connectivity index (χ4n) is 6.61. The number of likely N-dealkylation sites (N-methyl/N-ethyl adjacent to an activating group) is 1. The van der Waals surface area contributed by atoms with Crippen molar-refractivity contribution in [2.24, 2.45) is 0 Å². The van der Waals surface area contributed by atoms with Crippen LogP contribution in [0.5, 0.6) is 0 Å². The van der Waals surface area contributed by atoms with Crippen molar-refractivity contribution < 1.29 is 18.3 Å². The van der Waals surface area contributed by atoms with Gasteiger partial charge < -0.3 is 19.8 Å². The number of aliphatic hydroxyl groups is 1. The summed E-state index contributed by atoms with van der Waals surface area (Å²) in [6.07, 6.45) is 3.45. The third-order valence-corrected chi connectivity index (χ3v) is 11.1. The summed E-state index contributed by atoms with van der Waals surface area (Å²) in [7, 11) is -1.80. The number of anilines is 1. The van der Waals surface area contributed by atoms with Gasteiger partial charge in [0.25, 0.3) is 15.9 Å². The third kappa shape index (κ3) is 5.93. The molecule has 10 heteroatoms. The van der Waals surface area contributed by atoms with Gasteiger partial charge in [0.15, 0.2) is 5.65 Å². The van der Waals surface area contributed by atoms with Crippen molar-refractivity contribution in [3.05, 3.63) is 102 Å². The zero-order valence-corrected chi connectivity index (χ0v) is 27.7. The predicted octanol–water partition coefficient (Wildman–Crippen LogP) is 5.18. The van der Waals surface area contributed by atoms with Gasteiger partial charge in [-0.2, -0.15) is 0 Å². The van der Waals surface area contributed by atoms with E-state index >= 15 is 0 Å². The van der Waals surface area contributed by atoms with Gasteiger partial charge in [-0.1, -0.05) is 35.9 Å². The molecule has 4 heterocycles. The number of rotatable bonds is 6. The van der Waals surface area contributed by atoms with E-state index in [1.165, 1.54) is 15.2 Å². The Kier molecular flexibility index (Phi) is 8.11. The van der Waals surface area contributed by atoms with E-state index in [2.05, 4.69) is 42.0 Å². The maximum atomic E-state index is 14.0. The number of β-amino-alcohol motifs (C(OH)–C–C–N with tert-alkyl or cyclic N) is 1. The summed E-state index contributed by atoms with van der Waals surface area (Å²) in [4.78, 5) is 24.4. The molecule has 0 bridgehead atoms. The van der Waals surface area contributed by atoms with Gasteiger partial charge >= 0.3 is 0 Å². The lowest BCUT2D eigenvalue weighted by atomic mass is 9.99. The van der Waals surface area contributed by atoms with E-state index in [1.54, 1.807) is 53.7 Å². The smallest absolute Gasteiger partial charge is 0.269 e. The van der Waals surface area contributed by atoms with Crippen LogP contribution >= 0.6 is 0 Å².